The molecule has 1 amide bonds. The first-order valence-corrected chi connectivity index (χ1v) is 10.3. The highest BCUT2D eigenvalue weighted by Gasteiger charge is 2.30. The fourth-order valence-electron chi connectivity index (χ4n) is 3.33. The van der Waals surface area contributed by atoms with E-state index in [1.807, 2.05) is 30.5 Å². The minimum atomic E-state index is -0.146. The van der Waals surface area contributed by atoms with E-state index in [0.29, 0.717) is 11.6 Å². The highest BCUT2D eigenvalue weighted by Crippen LogP contribution is 2.28. The zero-order chi connectivity index (χ0) is 18.6. The number of thioether (sulfide) groups is 1. The molecule has 1 aromatic heterocycles. The molecular formula is C22H23N3OS. The van der Waals surface area contributed by atoms with Gasteiger partial charge >= 0.3 is 0 Å². The topological polar surface area (TPSA) is 57.2 Å². The Morgan fingerprint density at radius 1 is 1.11 bits per heavy atom. The van der Waals surface area contributed by atoms with Crippen molar-refractivity contribution in [3.8, 4) is 0 Å². The lowest BCUT2D eigenvalue weighted by Crippen LogP contribution is -2.25. The summed E-state index contributed by atoms with van der Waals surface area (Å²) >= 11 is 1.51. The molecule has 2 aromatic carbocycles. The van der Waals surface area contributed by atoms with E-state index < -0.39 is 0 Å². The van der Waals surface area contributed by atoms with Crippen LogP contribution in [-0.2, 0) is 17.6 Å². The van der Waals surface area contributed by atoms with Crippen LogP contribution < -0.4 is 5.32 Å². The van der Waals surface area contributed by atoms with Crippen LogP contribution in [0.15, 0.2) is 59.7 Å². The molecular weight excluding hydrogens is 354 g/mol. The number of amides is 1. The standard InChI is InChI=1S/C22H23N3OS/c1-2-3-6-15-9-11-17(12-10-15)24-22-25-21(26)20(27-22)13-16-14-23-19-8-5-4-7-18(16)19/h4-5,7-12,14,20,23H,2-3,6,13H2,1H3,(H,24,25,26). The number of aromatic nitrogens is 1. The van der Waals surface area contributed by atoms with Crippen LogP contribution in [0.1, 0.15) is 30.9 Å². The molecule has 1 aliphatic heterocycles. The lowest BCUT2D eigenvalue weighted by atomic mass is 10.1. The molecule has 4 nitrogen and oxygen atoms in total. The summed E-state index contributed by atoms with van der Waals surface area (Å²) in [6.07, 6.45) is 6.20. The fraction of sp³-hybridized carbons (Fsp3) is 0.273. The summed E-state index contributed by atoms with van der Waals surface area (Å²) < 4.78 is 0. The van der Waals surface area contributed by atoms with Crippen molar-refractivity contribution in [1.29, 1.82) is 0 Å². The van der Waals surface area contributed by atoms with E-state index in [1.165, 1.54) is 41.1 Å². The van der Waals surface area contributed by atoms with Gasteiger partial charge in [0.05, 0.1) is 10.9 Å². The number of aromatic amines is 1. The maximum atomic E-state index is 12.4. The highest BCUT2D eigenvalue weighted by molar-refractivity contribution is 8.15. The molecule has 138 valence electrons. The van der Waals surface area contributed by atoms with Crippen molar-refractivity contribution in [1.82, 2.24) is 10.3 Å². The van der Waals surface area contributed by atoms with E-state index in [2.05, 4.69) is 46.5 Å². The molecule has 27 heavy (non-hydrogen) atoms. The predicted octanol–water partition coefficient (Wildman–Crippen LogP) is 4.97. The number of hydrogen-bond acceptors (Lipinski definition) is 3. The Kier molecular flexibility index (Phi) is 5.30. The zero-order valence-electron chi connectivity index (χ0n) is 15.4. The number of nitrogens with zero attached hydrogens (tertiary/aromatic N) is 1. The summed E-state index contributed by atoms with van der Waals surface area (Å²) in [4.78, 5) is 20.3. The Morgan fingerprint density at radius 3 is 2.74 bits per heavy atom. The maximum absolute atomic E-state index is 12.4. The van der Waals surface area contributed by atoms with E-state index in [9.17, 15) is 4.79 Å². The molecule has 0 bridgehead atoms. The number of nitrogens with one attached hydrogen (secondary N) is 2. The average molecular weight is 378 g/mol. The van der Waals surface area contributed by atoms with Crippen molar-refractivity contribution in [2.45, 2.75) is 37.9 Å². The Morgan fingerprint density at radius 2 is 1.93 bits per heavy atom. The molecule has 2 heterocycles. The van der Waals surface area contributed by atoms with E-state index in [0.717, 1.165) is 17.6 Å². The Bertz CT molecular complexity index is 975. The summed E-state index contributed by atoms with van der Waals surface area (Å²) in [6.45, 7) is 2.20. The lowest BCUT2D eigenvalue weighted by molar-refractivity contribution is -0.118. The Balaban J connectivity index is 1.44. The van der Waals surface area contributed by atoms with Crippen LogP contribution in [0, 0.1) is 0 Å². The molecule has 4 rings (SSSR count). The van der Waals surface area contributed by atoms with E-state index >= 15 is 0 Å². The molecule has 3 aromatic rings. The second kappa shape index (κ2) is 8.01. The summed E-state index contributed by atoms with van der Waals surface area (Å²) in [5.41, 5.74) is 4.49. The van der Waals surface area contributed by atoms with Crippen molar-refractivity contribution >= 4 is 39.4 Å². The van der Waals surface area contributed by atoms with Gasteiger partial charge in [-0.25, -0.2) is 4.99 Å². The number of fused-ring (bicyclic) bond motifs is 1. The van der Waals surface area contributed by atoms with E-state index in [-0.39, 0.29) is 11.2 Å². The quantitative estimate of drug-likeness (QED) is 0.637. The van der Waals surface area contributed by atoms with Crippen LogP contribution in [0.4, 0.5) is 5.69 Å². The van der Waals surface area contributed by atoms with Crippen LogP contribution in [0.3, 0.4) is 0 Å². The van der Waals surface area contributed by atoms with Crippen molar-refractivity contribution in [3.63, 3.8) is 0 Å². The molecule has 0 aliphatic carbocycles. The number of para-hydroxylation sites is 1. The van der Waals surface area contributed by atoms with Gasteiger partial charge in [0.2, 0.25) is 5.91 Å². The van der Waals surface area contributed by atoms with Gasteiger partial charge < -0.3 is 10.3 Å². The number of amidine groups is 1. The van der Waals surface area contributed by atoms with Crippen molar-refractivity contribution in [3.05, 3.63) is 65.9 Å². The van der Waals surface area contributed by atoms with Crippen LogP contribution in [-0.4, -0.2) is 21.3 Å². The second-order valence-electron chi connectivity index (χ2n) is 6.85. The van der Waals surface area contributed by atoms with Crippen LogP contribution in [0.5, 0.6) is 0 Å². The third kappa shape index (κ3) is 4.08. The summed E-state index contributed by atoms with van der Waals surface area (Å²) in [7, 11) is 0. The molecule has 5 heteroatoms. The summed E-state index contributed by atoms with van der Waals surface area (Å²) in [5, 5.41) is 4.65. The minimum absolute atomic E-state index is 0.0311. The van der Waals surface area contributed by atoms with E-state index in [4.69, 9.17) is 0 Å². The average Bonchev–Trinajstić information content (AvgIpc) is 3.25. The molecule has 0 radical (unpaired) electrons. The summed E-state index contributed by atoms with van der Waals surface area (Å²) in [5.74, 6) is 0.0311. The fourth-order valence-corrected chi connectivity index (χ4v) is 4.34. The highest BCUT2D eigenvalue weighted by atomic mass is 32.2. The molecule has 0 saturated carbocycles. The zero-order valence-corrected chi connectivity index (χ0v) is 16.2. The van der Waals surface area contributed by atoms with Crippen LogP contribution in [0.25, 0.3) is 10.9 Å². The number of aliphatic imine (C=N–C) groups is 1. The number of carbonyl (C=O) groups is 1. The number of unbranched alkanes of at least 4 members (excludes halogenated alkanes) is 1. The molecule has 1 unspecified atom stereocenters. The molecule has 2 N–H and O–H groups in total. The third-order valence-corrected chi connectivity index (χ3v) is 5.92. The number of benzene rings is 2. The van der Waals surface area contributed by atoms with Crippen LogP contribution >= 0.6 is 11.8 Å². The molecule has 1 saturated heterocycles. The van der Waals surface area contributed by atoms with Crippen molar-refractivity contribution in [2.24, 2.45) is 4.99 Å². The summed E-state index contributed by atoms with van der Waals surface area (Å²) in [6, 6.07) is 16.5. The van der Waals surface area contributed by atoms with E-state index in [1.54, 1.807) is 0 Å². The first-order valence-electron chi connectivity index (χ1n) is 9.43. The Labute approximate surface area is 163 Å². The van der Waals surface area contributed by atoms with Gasteiger partial charge in [-0.1, -0.05) is 55.4 Å². The van der Waals surface area contributed by atoms with Gasteiger partial charge in [0, 0.05) is 17.1 Å². The Hall–Kier alpha value is -2.53. The predicted molar refractivity (Wildman–Crippen MR) is 114 cm³/mol. The van der Waals surface area contributed by atoms with Crippen molar-refractivity contribution < 1.29 is 4.79 Å². The van der Waals surface area contributed by atoms with Gasteiger partial charge in [-0.3, -0.25) is 4.79 Å². The number of aryl methyl sites for hydroxylation is 1. The number of hydrogen-bond donors (Lipinski definition) is 2. The normalized spacial score (nSPS) is 18.3. The first kappa shape index (κ1) is 17.9. The molecule has 1 atom stereocenters. The second-order valence-corrected chi connectivity index (χ2v) is 8.04. The lowest BCUT2D eigenvalue weighted by Gasteiger charge is -2.04. The largest absolute Gasteiger partial charge is 0.361 e. The SMILES string of the molecule is CCCCc1ccc(N=C2NC(=O)C(Cc3c[nH]c4ccccc34)S2)cc1. The number of rotatable bonds is 6. The molecule has 0 spiro atoms. The van der Waals surface area contributed by atoms with Gasteiger partial charge in [-0.15, -0.1) is 0 Å². The van der Waals surface area contributed by atoms with Gasteiger partial charge in [0.1, 0.15) is 0 Å². The van der Waals surface area contributed by atoms with Gasteiger partial charge in [0.15, 0.2) is 5.17 Å². The van der Waals surface area contributed by atoms with Crippen molar-refractivity contribution in [2.75, 3.05) is 0 Å². The van der Waals surface area contributed by atoms with Gasteiger partial charge in [0.25, 0.3) is 0 Å². The maximum Gasteiger partial charge on any atom is 0.239 e. The first-order chi connectivity index (χ1) is 13.2. The monoisotopic (exact) mass is 377 g/mol. The molecule has 1 fully saturated rings. The third-order valence-electron chi connectivity index (χ3n) is 4.84. The van der Waals surface area contributed by atoms with Crippen LogP contribution in [0.2, 0.25) is 0 Å². The smallest absolute Gasteiger partial charge is 0.239 e. The van der Waals surface area contributed by atoms with Gasteiger partial charge in [-0.05, 0) is 48.6 Å². The van der Waals surface area contributed by atoms with Gasteiger partial charge in [-0.2, -0.15) is 0 Å². The number of H-pyrrole nitrogens is 1. The number of carbonyl (C=O) groups excluding carboxylic acids is 1. The molecule has 1 aliphatic rings. The minimum Gasteiger partial charge on any atom is -0.361 e.